The number of rotatable bonds is 5. The first kappa shape index (κ1) is 23.4. The quantitative estimate of drug-likeness (QED) is 0.346. The summed E-state index contributed by atoms with van der Waals surface area (Å²) in [6.45, 7) is 3.23. The maximum atomic E-state index is 12.5. The highest BCUT2D eigenvalue weighted by atomic mass is 127. The van der Waals surface area contributed by atoms with Crippen LogP contribution in [0.2, 0.25) is 0 Å². The minimum atomic E-state index is -0.00353. The summed E-state index contributed by atoms with van der Waals surface area (Å²) in [6, 6.07) is 5.80. The highest BCUT2D eigenvalue weighted by Crippen LogP contribution is 2.35. The van der Waals surface area contributed by atoms with Crippen molar-refractivity contribution in [3.8, 4) is 0 Å². The first-order valence-corrected chi connectivity index (χ1v) is 9.87. The normalized spacial score (nSPS) is 21.5. The van der Waals surface area contributed by atoms with E-state index in [-0.39, 0.29) is 47.8 Å². The number of hydrogen-bond acceptors (Lipinski definition) is 4. The molecule has 3 rings (SSSR count). The average Bonchev–Trinajstić information content (AvgIpc) is 3.06. The molecule has 3 heterocycles. The van der Waals surface area contributed by atoms with E-state index < -0.39 is 0 Å². The van der Waals surface area contributed by atoms with Crippen LogP contribution in [0.1, 0.15) is 25.0 Å². The van der Waals surface area contributed by atoms with Gasteiger partial charge in [0.15, 0.2) is 5.96 Å². The van der Waals surface area contributed by atoms with Gasteiger partial charge in [-0.05, 0) is 25.0 Å². The Kier molecular flexibility index (Phi) is 8.66. The van der Waals surface area contributed by atoms with Crippen LogP contribution in [0.25, 0.3) is 0 Å². The SMILES string of the molecule is CN=C(NCC(=O)N(C)CCc1ccccn1)N1CCCC2(CNC(=O)C2)C1.I. The Balaban J connectivity index is 0.00000300. The molecule has 160 valence electrons. The average molecular weight is 514 g/mol. The van der Waals surface area contributed by atoms with Gasteiger partial charge < -0.3 is 20.4 Å². The molecule has 2 N–H and O–H groups in total. The number of carbonyl (C=O) groups is 2. The Labute approximate surface area is 189 Å². The largest absolute Gasteiger partial charge is 0.355 e. The van der Waals surface area contributed by atoms with Gasteiger partial charge in [-0.15, -0.1) is 24.0 Å². The number of likely N-dealkylation sites (N-methyl/N-ethyl adjacent to an activating group) is 1. The summed E-state index contributed by atoms with van der Waals surface area (Å²) >= 11 is 0. The Hall–Kier alpha value is -1.91. The summed E-state index contributed by atoms with van der Waals surface area (Å²) < 4.78 is 0. The predicted molar refractivity (Wildman–Crippen MR) is 123 cm³/mol. The van der Waals surface area contributed by atoms with Crippen LogP contribution in [0.15, 0.2) is 29.4 Å². The van der Waals surface area contributed by atoms with Crippen LogP contribution in [0.4, 0.5) is 0 Å². The Morgan fingerprint density at radius 2 is 2.28 bits per heavy atom. The number of hydrogen-bond donors (Lipinski definition) is 2. The summed E-state index contributed by atoms with van der Waals surface area (Å²) in [7, 11) is 3.54. The van der Waals surface area contributed by atoms with Gasteiger partial charge in [-0.3, -0.25) is 19.6 Å². The van der Waals surface area contributed by atoms with Crippen LogP contribution in [0.3, 0.4) is 0 Å². The number of carbonyl (C=O) groups excluding carboxylic acids is 2. The van der Waals surface area contributed by atoms with Crippen LogP contribution >= 0.6 is 24.0 Å². The van der Waals surface area contributed by atoms with Crippen molar-refractivity contribution in [3.63, 3.8) is 0 Å². The van der Waals surface area contributed by atoms with Crippen molar-refractivity contribution in [1.82, 2.24) is 25.4 Å². The summed E-state index contributed by atoms with van der Waals surface area (Å²) in [4.78, 5) is 36.7. The summed E-state index contributed by atoms with van der Waals surface area (Å²) in [5, 5.41) is 6.16. The summed E-state index contributed by atoms with van der Waals surface area (Å²) in [5.41, 5.74) is 0.973. The van der Waals surface area contributed by atoms with Crippen molar-refractivity contribution >= 4 is 41.8 Å². The number of nitrogens with one attached hydrogen (secondary N) is 2. The van der Waals surface area contributed by atoms with E-state index in [1.807, 2.05) is 18.2 Å². The fourth-order valence-electron chi connectivity index (χ4n) is 4.00. The molecule has 0 aliphatic carbocycles. The zero-order chi connectivity index (χ0) is 20.0. The molecule has 29 heavy (non-hydrogen) atoms. The van der Waals surface area contributed by atoms with Crippen molar-refractivity contribution in [1.29, 1.82) is 0 Å². The third-order valence-electron chi connectivity index (χ3n) is 5.62. The molecule has 0 aromatic carbocycles. The van der Waals surface area contributed by atoms with Crippen LogP contribution in [0, 0.1) is 5.41 Å². The van der Waals surface area contributed by atoms with Gasteiger partial charge >= 0.3 is 0 Å². The van der Waals surface area contributed by atoms with Gasteiger partial charge in [0.1, 0.15) is 0 Å². The molecule has 0 radical (unpaired) electrons. The Bertz CT molecular complexity index is 729. The number of likely N-dealkylation sites (tertiary alicyclic amines) is 1. The Morgan fingerprint density at radius 3 is 2.93 bits per heavy atom. The lowest BCUT2D eigenvalue weighted by atomic mass is 9.79. The molecule has 2 aliphatic rings. The van der Waals surface area contributed by atoms with E-state index in [0.717, 1.165) is 50.6 Å². The van der Waals surface area contributed by atoms with Gasteiger partial charge in [-0.1, -0.05) is 6.07 Å². The van der Waals surface area contributed by atoms with Crippen molar-refractivity contribution < 1.29 is 9.59 Å². The van der Waals surface area contributed by atoms with Crippen molar-refractivity contribution in [2.24, 2.45) is 10.4 Å². The number of halogens is 1. The molecular weight excluding hydrogens is 483 g/mol. The van der Waals surface area contributed by atoms with Crippen LogP contribution in [-0.4, -0.2) is 79.4 Å². The molecule has 1 aromatic heterocycles. The van der Waals surface area contributed by atoms with Gasteiger partial charge in [-0.2, -0.15) is 0 Å². The monoisotopic (exact) mass is 514 g/mol. The van der Waals surface area contributed by atoms with Gasteiger partial charge in [0.05, 0.1) is 6.54 Å². The molecule has 2 saturated heterocycles. The number of aromatic nitrogens is 1. The van der Waals surface area contributed by atoms with E-state index in [2.05, 4.69) is 25.5 Å². The standard InChI is InChI=1S/C20H30N6O2.HI/c1-21-19(26-10-5-8-20(15-26)12-17(27)24-14-20)23-13-18(28)25(2)11-7-16-6-3-4-9-22-16;/h3-4,6,9H,5,7-8,10-15H2,1-2H3,(H,21,23)(H,24,27);1H. The lowest BCUT2D eigenvalue weighted by Crippen LogP contribution is -2.52. The minimum Gasteiger partial charge on any atom is -0.355 e. The molecule has 1 unspecified atom stereocenters. The maximum absolute atomic E-state index is 12.5. The molecule has 2 aliphatic heterocycles. The number of nitrogens with zero attached hydrogens (tertiary/aromatic N) is 4. The molecular formula is C20H31IN6O2. The van der Waals surface area contributed by atoms with Gasteiger partial charge in [0.25, 0.3) is 0 Å². The molecule has 1 spiro atoms. The molecule has 2 amide bonds. The molecule has 1 aromatic rings. The van der Waals surface area contributed by atoms with Gasteiger partial charge in [-0.25, -0.2) is 0 Å². The second-order valence-electron chi connectivity index (χ2n) is 7.77. The van der Waals surface area contributed by atoms with Gasteiger partial charge in [0.2, 0.25) is 11.8 Å². The van der Waals surface area contributed by atoms with E-state index in [1.165, 1.54) is 0 Å². The number of pyridine rings is 1. The predicted octanol–water partition coefficient (Wildman–Crippen LogP) is 0.878. The van der Waals surface area contributed by atoms with E-state index in [1.54, 1.807) is 25.2 Å². The Morgan fingerprint density at radius 1 is 1.45 bits per heavy atom. The topological polar surface area (TPSA) is 89.9 Å². The number of piperidine rings is 1. The molecule has 9 heteroatoms. The third-order valence-corrected chi connectivity index (χ3v) is 5.62. The first-order valence-electron chi connectivity index (χ1n) is 9.87. The van der Waals surface area contributed by atoms with E-state index in [4.69, 9.17) is 0 Å². The van der Waals surface area contributed by atoms with Gasteiger partial charge in [0, 0.05) is 70.4 Å². The van der Waals surface area contributed by atoms with E-state index in [0.29, 0.717) is 13.0 Å². The maximum Gasteiger partial charge on any atom is 0.241 e. The number of amides is 2. The minimum absolute atomic E-state index is 0. The van der Waals surface area contributed by atoms with Crippen LogP contribution < -0.4 is 10.6 Å². The number of aliphatic imine (C=N–C) groups is 1. The van der Waals surface area contributed by atoms with Crippen molar-refractivity contribution in [2.75, 3.05) is 46.8 Å². The lowest BCUT2D eigenvalue weighted by molar-refractivity contribution is -0.128. The van der Waals surface area contributed by atoms with Crippen molar-refractivity contribution in [3.05, 3.63) is 30.1 Å². The van der Waals surface area contributed by atoms with E-state index >= 15 is 0 Å². The van der Waals surface area contributed by atoms with E-state index in [9.17, 15) is 9.59 Å². The van der Waals surface area contributed by atoms with Crippen molar-refractivity contribution in [2.45, 2.75) is 25.7 Å². The molecule has 1 atom stereocenters. The summed E-state index contributed by atoms with van der Waals surface area (Å²) in [5.74, 6) is 0.876. The molecule has 2 fully saturated rings. The number of guanidine groups is 1. The fraction of sp³-hybridized carbons (Fsp3) is 0.600. The van der Waals surface area contributed by atoms with Crippen LogP contribution in [-0.2, 0) is 16.0 Å². The summed E-state index contributed by atoms with van der Waals surface area (Å²) in [6.07, 6.45) is 5.15. The molecule has 8 nitrogen and oxygen atoms in total. The highest BCUT2D eigenvalue weighted by molar-refractivity contribution is 14.0. The first-order chi connectivity index (χ1) is 13.5. The third kappa shape index (κ3) is 6.28. The second kappa shape index (κ2) is 10.7. The smallest absolute Gasteiger partial charge is 0.241 e. The zero-order valence-electron chi connectivity index (χ0n) is 17.2. The lowest BCUT2D eigenvalue weighted by Gasteiger charge is -2.40. The second-order valence-corrected chi connectivity index (χ2v) is 7.77. The molecule has 0 saturated carbocycles. The zero-order valence-corrected chi connectivity index (χ0v) is 19.5. The highest BCUT2D eigenvalue weighted by Gasteiger charge is 2.42. The fourth-order valence-corrected chi connectivity index (χ4v) is 4.00. The molecule has 0 bridgehead atoms. The van der Waals surface area contributed by atoms with Crippen LogP contribution in [0.5, 0.6) is 0 Å².